The van der Waals surface area contributed by atoms with E-state index in [-0.39, 0.29) is 12.6 Å². The molecule has 3 N–H and O–H groups in total. The molecule has 0 aliphatic carbocycles. The van der Waals surface area contributed by atoms with Crippen molar-refractivity contribution in [1.29, 1.82) is 0 Å². The molecule has 0 saturated carbocycles. The average molecular weight is 430 g/mol. The Morgan fingerprint density at radius 2 is 1.96 bits per heavy atom. The normalized spacial score (nSPS) is 10.7. The number of anilines is 1. The van der Waals surface area contributed by atoms with Gasteiger partial charge in [-0.2, -0.15) is 0 Å². The van der Waals surface area contributed by atoms with Crippen molar-refractivity contribution in [3.63, 3.8) is 0 Å². The van der Waals surface area contributed by atoms with Crippen LogP contribution in [0.15, 0.2) is 30.3 Å². The minimum absolute atomic E-state index is 0.146. The molecule has 0 spiro atoms. The SMILES string of the molecule is COc1cc(CNn2nnnc2N)cc(Cl)c1OCc1ccc(Cl)cc1Cl. The van der Waals surface area contributed by atoms with E-state index >= 15 is 0 Å². The molecule has 0 amide bonds. The third-order valence-corrected chi connectivity index (χ3v) is 4.47. The lowest BCUT2D eigenvalue weighted by Gasteiger charge is -2.15. The van der Waals surface area contributed by atoms with E-state index in [0.29, 0.717) is 33.1 Å². The summed E-state index contributed by atoms with van der Waals surface area (Å²) in [4.78, 5) is 1.26. The van der Waals surface area contributed by atoms with Crippen molar-refractivity contribution in [2.45, 2.75) is 13.2 Å². The Morgan fingerprint density at radius 3 is 2.63 bits per heavy atom. The van der Waals surface area contributed by atoms with Gasteiger partial charge in [0.2, 0.25) is 0 Å². The Bertz CT molecular complexity index is 950. The van der Waals surface area contributed by atoms with Gasteiger partial charge in [-0.25, -0.2) is 0 Å². The Hall–Kier alpha value is -2.42. The van der Waals surface area contributed by atoms with E-state index in [1.807, 2.05) is 0 Å². The quantitative estimate of drug-likeness (QED) is 0.592. The maximum absolute atomic E-state index is 6.38. The van der Waals surface area contributed by atoms with Crippen LogP contribution in [0.2, 0.25) is 15.1 Å². The van der Waals surface area contributed by atoms with Crippen molar-refractivity contribution >= 4 is 40.8 Å². The maximum Gasteiger partial charge on any atom is 0.260 e. The molecule has 0 aliphatic rings. The van der Waals surface area contributed by atoms with Crippen molar-refractivity contribution < 1.29 is 9.47 Å². The van der Waals surface area contributed by atoms with Gasteiger partial charge in [0.25, 0.3) is 5.95 Å². The Balaban J connectivity index is 1.74. The van der Waals surface area contributed by atoms with E-state index in [4.69, 9.17) is 50.0 Å². The molecule has 3 rings (SSSR count). The highest BCUT2D eigenvalue weighted by atomic mass is 35.5. The second kappa shape index (κ2) is 8.51. The van der Waals surface area contributed by atoms with Crippen LogP contribution in [0.25, 0.3) is 0 Å². The van der Waals surface area contributed by atoms with Gasteiger partial charge in [-0.15, -0.1) is 4.79 Å². The van der Waals surface area contributed by atoms with Crippen molar-refractivity contribution in [3.05, 3.63) is 56.5 Å². The number of nitrogens with two attached hydrogens (primary N) is 1. The van der Waals surface area contributed by atoms with E-state index in [1.54, 1.807) is 30.3 Å². The predicted octanol–water partition coefficient (Wildman–Crippen LogP) is 3.55. The number of rotatable bonds is 7. The molecule has 0 atom stereocenters. The Labute approximate surface area is 170 Å². The van der Waals surface area contributed by atoms with Crippen LogP contribution in [0, 0.1) is 0 Å². The van der Waals surface area contributed by atoms with E-state index in [1.165, 1.54) is 11.9 Å². The zero-order valence-corrected chi connectivity index (χ0v) is 16.4. The van der Waals surface area contributed by atoms with Gasteiger partial charge in [0.1, 0.15) is 6.61 Å². The number of halogens is 3. The highest BCUT2D eigenvalue weighted by Crippen LogP contribution is 2.37. The van der Waals surface area contributed by atoms with Gasteiger partial charge in [0, 0.05) is 15.6 Å². The summed E-state index contributed by atoms with van der Waals surface area (Å²) in [6, 6.07) is 8.72. The molecule has 3 aromatic rings. The van der Waals surface area contributed by atoms with Gasteiger partial charge < -0.3 is 20.6 Å². The van der Waals surface area contributed by atoms with E-state index in [0.717, 1.165) is 11.1 Å². The molecule has 2 aromatic carbocycles. The number of nitrogens with zero attached hydrogens (tertiary/aromatic N) is 4. The van der Waals surface area contributed by atoms with Crippen LogP contribution < -0.4 is 20.6 Å². The number of nitrogens with one attached hydrogen (secondary N) is 1. The van der Waals surface area contributed by atoms with Gasteiger partial charge in [0.05, 0.1) is 18.7 Å². The Kier molecular flexibility index (Phi) is 6.10. The molecular formula is C16H15Cl3N6O2. The number of hydrogen-bond acceptors (Lipinski definition) is 7. The van der Waals surface area contributed by atoms with Gasteiger partial charge in [0.15, 0.2) is 11.5 Å². The number of tetrazole rings is 1. The molecule has 0 saturated heterocycles. The van der Waals surface area contributed by atoms with E-state index < -0.39 is 0 Å². The van der Waals surface area contributed by atoms with Gasteiger partial charge in [-0.05, 0) is 40.3 Å². The number of ether oxygens (including phenoxy) is 2. The smallest absolute Gasteiger partial charge is 0.260 e. The molecule has 8 nitrogen and oxygen atoms in total. The standard InChI is InChI=1S/C16H15Cl3N6O2/c1-26-14-5-9(7-21-25-16(20)22-23-24-25)4-13(19)15(14)27-8-10-2-3-11(17)6-12(10)18/h2-6,21H,7-8H2,1H3,(H2,20,22,24). The molecule has 0 unspecified atom stereocenters. The summed E-state index contributed by atoms with van der Waals surface area (Å²) in [6.45, 7) is 0.583. The zero-order valence-electron chi connectivity index (χ0n) is 14.1. The lowest BCUT2D eigenvalue weighted by atomic mass is 10.2. The molecule has 0 fully saturated rings. The predicted molar refractivity (Wildman–Crippen MR) is 104 cm³/mol. The summed E-state index contributed by atoms with van der Waals surface area (Å²) in [5, 5.41) is 12.2. The highest BCUT2D eigenvalue weighted by Gasteiger charge is 2.14. The second-order valence-electron chi connectivity index (χ2n) is 5.42. The fraction of sp³-hybridized carbons (Fsp3) is 0.188. The van der Waals surface area contributed by atoms with Crippen molar-refractivity contribution in [3.8, 4) is 11.5 Å². The van der Waals surface area contributed by atoms with Crippen LogP contribution in [-0.2, 0) is 13.2 Å². The number of benzene rings is 2. The lowest BCUT2D eigenvalue weighted by Crippen LogP contribution is -2.18. The summed E-state index contributed by atoms with van der Waals surface area (Å²) in [5.41, 5.74) is 10.2. The highest BCUT2D eigenvalue weighted by molar-refractivity contribution is 6.35. The van der Waals surface area contributed by atoms with Crippen LogP contribution in [0.3, 0.4) is 0 Å². The molecule has 142 valence electrons. The molecule has 0 radical (unpaired) electrons. The third-order valence-electron chi connectivity index (χ3n) is 3.60. The molecule has 1 aromatic heterocycles. The van der Waals surface area contributed by atoms with Crippen molar-refractivity contribution in [2.24, 2.45) is 0 Å². The summed E-state index contributed by atoms with van der Waals surface area (Å²) < 4.78 is 11.2. The molecule has 0 bridgehead atoms. The fourth-order valence-corrected chi connectivity index (χ4v) is 3.03. The van der Waals surface area contributed by atoms with E-state index in [9.17, 15) is 0 Å². The largest absolute Gasteiger partial charge is 0.493 e. The monoisotopic (exact) mass is 428 g/mol. The first-order valence-corrected chi connectivity index (χ1v) is 8.82. The van der Waals surface area contributed by atoms with E-state index in [2.05, 4.69) is 21.0 Å². The van der Waals surface area contributed by atoms with Crippen LogP contribution in [-0.4, -0.2) is 27.4 Å². The second-order valence-corrected chi connectivity index (χ2v) is 6.67. The zero-order chi connectivity index (χ0) is 19.4. The van der Waals surface area contributed by atoms with Crippen LogP contribution in [0.4, 0.5) is 5.95 Å². The average Bonchev–Trinajstić information content (AvgIpc) is 3.05. The number of aromatic nitrogens is 4. The minimum atomic E-state index is 0.146. The minimum Gasteiger partial charge on any atom is -0.493 e. The molecule has 0 aliphatic heterocycles. The van der Waals surface area contributed by atoms with Crippen LogP contribution >= 0.6 is 34.8 Å². The maximum atomic E-state index is 6.38. The molecular weight excluding hydrogens is 415 g/mol. The van der Waals surface area contributed by atoms with Crippen molar-refractivity contribution in [1.82, 2.24) is 20.3 Å². The topological polar surface area (TPSA) is 100 Å². The number of nitrogen functional groups attached to an aromatic ring is 1. The summed E-state index contributed by atoms with van der Waals surface area (Å²) >= 11 is 18.5. The third kappa shape index (κ3) is 4.65. The first-order chi connectivity index (χ1) is 13.0. The fourth-order valence-electron chi connectivity index (χ4n) is 2.28. The molecule has 1 heterocycles. The summed E-state index contributed by atoms with van der Waals surface area (Å²) in [6.07, 6.45) is 0. The van der Waals surface area contributed by atoms with Crippen molar-refractivity contribution in [2.75, 3.05) is 18.3 Å². The van der Waals surface area contributed by atoms with Gasteiger partial charge in [-0.1, -0.05) is 46.0 Å². The number of hydrogen-bond donors (Lipinski definition) is 2. The summed E-state index contributed by atoms with van der Waals surface area (Å²) in [5.74, 6) is 1.04. The summed E-state index contributed by atoms with van der Waals surface area (Å²) in [7, 11) is 1.53. The van der Waals surface area contributed by atoms with Crippen LogP contribution in [0.5, 0.6) is 11.5 Å². The lowest BCUT2D eigenvalue weighted by molar-refractivity contribution is 0.284. The van der Waals surface area contributed by atoms with Gasteiger partial charge >= 0.3 is 0 Å². The Morgan fingerprint density at radius 1 is 1.15 bits per heavy atom. The molecule has 11 heteroatoms. The first kappa shape index (κ1) is 19.3. The first-order valence-electron chi connectivity index (χ1n) is 7.69. The van der Waals surface area contributed by atoms with Gasteiger partial charge in [-0.3, -0.25) is 0 Å². The molecule has 27 heavy (non-hydrogen) atoms. The number of methoxy groups -OCH3 is 1. The van der Waals surface area contributed by atoms with Crippen LogP contribution in [0.1, 0.15) is 11.1 Å².